The van der Waals surface area contributed by atoms with E-state index < -0.39 is 0 Å². The van der Waals surface area contributed by atoms with Crippen LogP contribution in [0.25, 0.3) is 0 Å². The molecule has 4 heteroatoms. The molecule has 0 bridgehead atoms. The van der Waals surface area contributed by atoms with Crippen molar-refractivity contribution in [2.24, 2.45) is 0 Å². The summed E-state index contributed by atoms with van der Waals surface area (Å²) in [6, 6.07) is 3.95. The van der Waals surface area contributed by atoms with Crippen molar-refractivity contribution in [3.8, 4) is 0 Å². The van der Waals surface area contributed by atoms with Gasteiger partial charge >= 0.3 is 0 Å². The van der Waals surface area contributed by atoms with Crippen LogP contribution in [0.15, 0.2) is 18.3 Å². The lowest BCUT2D eigenvalue weighted by Gasteiger charge is -2.02. The molecule has 0 atom stereocenters. The van der Waals surface area contributed by atoms with Gasteiger partial charge in [-0.25, -0.2) is 0 Å². The predicted molar refractivity (Wildman–Crippen MR) is 57.0 cm³/mol. The number of thioether (sulfide) groups is 1. The van der Waals surface area contributed by atoms with E-state index >= 15 is 0 Å². The first-order chi connectivity index (χ1) is 6.36. The molecule has 0 unspecified atom stereocenters. The lowest BCUT2D eigenvalue weighted by Crippen LogP contribution is -1.93. The van der Waals surface area contributed by atoms with E-state index in [2.05, 4.69) is 10.3 Å². The van der Waals surface area contributed by atoms with Crippen molar-refractivity contribution in [3.05, 3.63) is 24.0 Å². The van der Waals surface area contributed by atoms with E-state index in [1.165, 1.54) is 0 Å². The maximum absolute atomic E-state index is 8.59. The molecule has 13 heavy (non-hydrogen) atoms. The van der Waals surface area contributed by atoms with Gasteiger partial charge in [-0.3, -0.25) is 4.98 Å². The summed E-state index contributed by atoms with van der Waals surface area (Å²) in [4.78, 5) is 4.22. The Morgan fingerprint density at radius 1 is 1.62 bits per heavy atom. The third-order valence-corrected chi connectivity index (χ3v) is 2.56. The third-order valence-electron chi connectivity index (χ3n) is 1.59. The first kappa shape index (κ1) is 10.3. The molecule has 0 aliphatic carbocycles. The highest BCUT2D eigenvalue weighted by Gasteiger charge is 1.95. The Bertz CT molecular complexity index is 255. The Hall–Kier alpha value is -0.740. The van der Waals surface area contributed by atoms with Crippen LogP contribution < -0.4 is 5.32 Å². The number of aromatic nitrogens is 1. The van der Waals surface area contributed by atoms with Gasteiger partial charge in [-0.15, -0.1) is 0 Å². The summed E-state index contributed by atoms with van der Waals surface area (Å²) in [6.45, 7) is 0.233. The van der Waals surface area contributed by atoms with Gasteiger partial charge in [-0.2, -0.15) is 11.8 Å². The fourth-order valence-electron chi connectivity index (χ4n) is 0.954. The SMILES string of the molecule is CNc1ccnc(CSCCO)c1. The van der Waals surface area contributed by atoms with Crippen molar-refractivity contribution in [1.82, 2.24) is 4.98 Å². The molecule has 0 fully saturated rings. The number of hydrogen-bond donors (Lipinski definition) is 2. The van der Waals surface area contributed by atoms with Crippen LogP contribution in [0.3, 0.4) is 0 Å². The Morgan fingerprint density at radius 3 is 3.15 bits per heavy atom. The number of aliphatic hydroxyl groups excluding tert-OH is 1. The van der Waals surface area contributed by atoms with E-state index in [-0.39, 0.29) is 6.61 Å². The van der Waals surface area contributed by atoms with Crippen molar-refractivity contribution in [1.29, 1.82) is 0 Å². The van der Waals surface area contributed by atoms with Crippen molar-refractivity contribution >= 4 is 17.4 Å². The maximum Gasteiger partial charge on any atom is 0.0523 e. The van der Waals surface area contributed by atoms with Crippen LogP contribution in [0.5, 0.6) is 0 Å². The molecule has 0 aliphatic rings. The number of anilines is 1. The van der Waals surface area contributed by atoms with Gasteiger partial charge in [-0.1, -0.05) is 0 Å². The zero-order chi connectivity index (χ0) is 9.52. The molecule has 1 rings (SSSR count). The molecule has 0 radical (unpaired) electrons. The number of pyridine rings is 1. The van der Waals surface area contributed by atoms with Gasteiger partial charge in [0.05, 0.1) is 12.3 Å². The van der Waals surface area contributed by atoms with Crippen molar-refractivity contribution in [3.63, 3.8) is 0 Å². The summed E-state index contributed by atoms with van der Waals surface area (Å²) in [6.07, 6.45) is 1.79. The first-order valence-corrected chi connectivity index (χ1v) is 5.33. The molecule has 1 aromatic rings. The number of hydrogen-bond acceptors (Lipinski definition) is 4. The van der Waals surface area contributed by atoms with E-state index in [0.29, 0.717) is 0 Å². The summed E-state index contributed by atoms with van der Waals surface area (Å²) in [5, 5.41) is 11.7. The van der Waals surface area contributed by atoms with Gasteiger partial charge in [0.1, 0.15) is 0 Å². The second-order valence-corrected chi connectivity index (χ2v) is 3.67. The molecule has 1 aromatic heterocycles. The predicted octanol–water partition coefficient (Wildman–Crippen LogP) is 1.35. The number of aliphatic hydroxyl groups is 1. The lowest BCUT2D eigenvalue weighted by atomic mass is 10.3. The Kier molecular flexibility index (Phi) is 4.64. The molecule has 2 N–H and O–H groups in total. The Morgan fingerprint density at radius 2 is 2.46 bits per heavy atom. The highest BCUT2D eigenvalue weighted by atomic mass is 32.2. The average molecular weight is 198 g/mol. The highest BCUT2D eigenvalue weighted by Crippen LogP contribution is 2.13. The highest BCUT2D eigenvalue weighted by molar-refractivity contribution is 7.98. The van der Waals surface area contributed by atoms with E-state index in [4.69, 9.17) is 5.11 Å². The Balaban J connectivity index is 2.46. The Labute approximate surface area is 82.6 Å². The smallest absolute Gasteiger partial charge is 0.0523 e. The molecular formula is C9H14N2OS. The fraction of sp³-hybridized carbons (Fsp3) is 0.444. The van der Waals surface area contributed by atoms with E-state index in [0.717, 1.165) is 22.9 Å². The molecule has 0 saturated carbocycles. The summed E-state index contributed by atoms with van der Waals surface area (Å²) in [5.74, 6) is 1.63. The second-order valence-electron chi connectivity index (χ2n) is 2.56. The number of nitrogens with one attached hydrogen (secondary N) is 1. The molecule has 72 valence electrons. The molecule has 0 aromatic carbocycles. The summed E-state index contributed by atoms with van der Waals surface area (Å²) < 4.78 is 0. The topological polar surface area (TPSA) is 45.2 Å². The molecule has 0 spiro atoms. The van der Waals surface area contributed by atoms with Crippen LogP contribution in [-0.2, 0) is 5.75 Å². The monoisotopic (exact) mass is 198 g/mol. The minimum atomic E-state index is 0.233. The zero-order valence-corrected chi connectivity index (χ0v) is 8.47. The average Bonchev–Trinajstić information content (AvgIpc) is 2.19. The van der Waals surface area contributed by atoms with E-state index in [1.54, 1.807) is 18.0 Å². The minimum absolute atomic E-state index is 0.233. The number of rotatable bonds is 5. The van der Waals surface area contributed by atoms with Crippen LogP contribution in [0.1, 0.15) is 5.69 Å². The first-order valence-electron chi connectivity index (χ1n) is 4.18. The third kappa shape index (κ3) is 3.65. The summed E-state index contributed by atoms with van der Waals surface area (Å²) >= 11 is 1.69. The van der Waals surface area contributed by atoms with Crippen LogP contribution in [0.2, 0.25) is 0 Å². The van der Waals surface area contributed by atoms with Crippen molar-refractivity contribution in [2.45, 2.75) is 5.75 Å². The summed E-state index contributed by atoms with van der Waals surface area (Å²) in [7, 11) is 1.89. The van der Waals surface area contributed by atoms with Gasteiger partial charge in [0.15, 0.2) is 0 Å². The quantitative estimate of drug-likeness (QED) is 0.701. The minimum Gasteiger partial charge on any atom is -0.396 e. The maximum atomic E-state index is 8.59. The van der Waals surface area contributed by atoms with Gasteiger partial charge in [0, 0.05) is 30.4 Å². The standard InChI is InChI=1S/C9H14N2OS/c1-10-8-2-3-11-9(6-8)7-13-5-4-12/h2-3,6,12H,4-5,7H2,1H3,(H,10,11). The van der Waals surface area contributed by atoms with Gasteiger partial charge in [0.25, 0.3) is 0 Å². The molecular weight excluding hydrogens is 184 g/mol. The van der Waals surface area contributed by atoms with Gasteiger partial charge in [-0.05, 0) is 12.1 Å². The van der Waals surface area contributed by atoms with E-state index in [9.17, 15) is 0 Å². The van der Waals surface area contributed by atoms with Crippen molar-refractivity contribution < 1.29 is 5.11 Å². The van der Waals surface area contributed by atoms with Gasteiger partial charge < -0.3 is 10.4 Å². The second kappa shape index (κ2) is 5.83. The fourth-order valence-corrected chi connectivity index (χ4v) is 1.59. The van der Waals surface area contributed by atoms with Crippen LogP contribution in [0.4, 0.5) is 5.69 Å². The molecule has 3 nitrogen and oxygen atoms in total. The summed E-state index contributed by atoms with van der Waals surface area (Å²) in [5.41, 5.74) is 2.12. The normalized spacial score (nSPS) is 10.0. The number of nitrogens with zero attached hydrogens (tertiary/aromatic N) is 1. The molecule has 0 aliphatic heterocycles. The largest absolute Gasteiger partial charge is 0.396 e. The van der Waals surface area contributed by atoms with Crippen molar-refractivity contribution in [2.75, 3.05) is 24.7 Å². The molecule has 0 amide bonds. The van der Waals surface area contributed by atoms with Crippen LogP contribution in [0, 0.1) is 0 Å². The van der Waals surface area contributed by atoms with Gasteiger partial charge in [0.2, 0.25) is 0 Å². The van der Waals surface area contributed by atoms with Crippen LogP contribution in [-0.4, -0.2) is 29.5 Å². The van der Waals surface area contributed by atoms with E-state index in [1.807, 2.05) is 19.2 Å². The molecule has 1 heterocycles. The molecule has 0 saturated heterocycles. The van der Waals surface area contributed by atoms with Crippen LogP contribution >= 0.6 is 11.8 Å². The zero-order valence-electron chi connectivity index (χ0n) is 7.66. The lowest BCUT2D eigenvalue weighted by molar-refractivity contribution is 0.322.